The van der Waals surface area contributed by atoms with Crippen LogP contribution in [0.5, 0.6) is 0 Å². The average Bonchev–Trinajstić information content (AvgIpc) is 3.40. The molecule has 1 aliphatic heterocycles. The molecule has 6 heteroatoms. The van der Waals surface area contributed by atoms with E-state index in [1.165, 1.54) is 5.56 Å². The van der Waals surface area contributed by atoms with E-state index in [4.69, 9.17) is 0 Å². The van der Waals surface area contributed by atoms with Gasteiger partial charge in [-0.3, -0.25) is 4.79 Å². The Morgan fingerprint density at radius 3 is 2.97 bits per heavy atom. The van der Waals surface area contributed by atoms with Crippen molar-refractivity contribution in [1.29, 1.82) is 5.26 Å². The Labute approximate surface area is 174 Å². The van der Waals surface area contributed by atoms with E-state index in [2.05, 4.69) is 27.2 Å². The van der Waals surface area contributed by atoms with Crippen molar-refractivity contribution in [2.45, 2.75) is 19.4 Å². The number of nitriles is 1. The van der Waals surface area contributed by atoms with E-state index in [0.717, 1.165) is 54.2 Å². The van der Waals surface area contributed by atoms with Crippen LogP contribution in [0.4, 0.5) is 0 Å². The maximum Gasteiger partial charge on any atom is 0.274 e. The minimum absolute atomic E-state index is 0.0177. The lowest BCUT2D eigenvalue weighted by Crippen LogP contribution is -2.31. The van der Waals surface area contributed by atoms with Gasteiger partial charge in [-0.25, -0.2) is 4.68 Å². The molecule has 30 heavy (non-hydrogen) atoms. The van der Waals surface area contributed by atoms with E-state index in [1.807, 2.05) is 42.5 Å². The standard InChI is InChI=1S/C24H23N5O/c25-13-17-5-6-23-22(12-17)20(14-26-23)11-18-7-8-28(16-18)9-10-29-24(30)21-4-2-1-3-19(21)15-27-29/h1-6,12,14-15,18,26H,7-11,16H2. The van der Waals surface area contributed by atoms with Crippen molar-refractivity contribution in [2.24, 2.45) is 5.92 Å². The van der Waals surface area contributed by atoms with Crippen molar-refractivity contribution in [3.63, 3.8) is 0 Å². The summed E-state index contributed by atoms with van der Waals surface area (Å²) in [5.74, 6) is 0.580. The fraction of sp³-hybridized carbons (Fsp3) is 0.292. The molecular formula is C24H23N5O. The van der Waals surface area contributed by atoms with Crippen molar-refractivity contribution in [3.8, 4) is 6.07 Å². The second-order valence-electron chi connectivity index (χ2n) is 8.11. The van der Waals surface area contributed by atoms with Gasteiger partial charge < -0.3 is 9.88 Å². The van der Waals surface area contributed by atoms with Gasteiger partial charge in [0.05, 0.1) is 29.8 Å². The van der Waals surface area contributed by atoms with Crippen LogP contribution in [0.15, 0.2) is 59.7 Å². The van der Waals surface area contributed by atoms with E-state index in [0.29, 0.717) is 18.0 Å². The summed E-state index contributed by atoms with van der Waals surface area (Å²) in [6.07, 6.45) is 5.99. The highest BCUT2D eigenvalue weighted by molar-refractivity contribution is 5.84. The van der Waals surface area contributed by atoms with E-state index in [1.54, 1.807) is 10.9 Å². The van der Waals surface area contributed by atoms with Crippen molar-refractivity contribution in [3.05, 3.63) is 76.3 Å². The Balaban J connectivity index is 1.23. The molecule has 0 spiro atoms. The molecule has 1 aliphatic rings. The summed E-state index contributed by atoms with van der Waals surface area (Å²) in [5, 5.41) is 16.3. The molecule has 0 saturated carbocycles. The number of hydrogen-bond donors (Lipinski definition) is 1. The smallest absolute Gasteiger partial charge is 0.274 e. The van der Waals surface area contributed by atoms with Crippen LogP contribution in [0.2, 0.25) is 0 Å². The Hall–Kier alpha value is -3.43. The van der Waals surface area contributed by atoms with Gasteiger partial charge in [-0.1, -0.05) is 18.2 Å². The number of nitrogens with zero attached hydrogens (tertiary/aromatic N) is 4. The molecule has 1 atom stereocenters. The third-order valence-electron chi connectivity index (χ3n) is 6.16. The lowest BCUT2D eigenvalue weighted by Gasteiger charge is -2.16. The van der Waals surface area contributed by atoms with Crippen LogP contribution in [0.3, 0.4) is 0 Å². The molecule has 1 saturated heterocycles. The first-order valence-corrected chi connectivity index (χ1v) is 10.4. The number of likely N-dealkylation sites (tertiary alicyclic amines) is 1. The Morgan fingerprint density at radius 1 is 1.17 bits per heavy atom. The van der Waals surface area contributed by atoms with Crippen molar-refractivity contribution >= 4 is 21.7 Å². The number of aromatic nitrogens is 3. The minimum Gasteiger partial charge on any atom is -0.361 e. The largest absolute Gasteiger partial charge is 0.361 e. The van der Waals surface area contributed by atoms with Crippen LogP contribution in [0.25, 0.3) is 21.7 Å². The lowest BCUT2D eigenvalue weighted by atomic mass is 9.98. The molecule has 2 aromatic heterocycles. The van der Waals surface area contributed by atoms with Gasteiger partial charge in [-0.2, -0.15) is 10.4 Å². The summed E-state index contributed by atoms with van der Waals surface area (Å²) in [5.41, 5.74) is 3.04. The van der Waals surface area contributed by atoms with Crippen molar-refractivity contribution in [2.75, 3.05) is 19.6 Å². The third kappa shape index (κ3) is 3.49. The van der Waals surface area contributed by atoms with Crippen molar-refractivity contribution < 1.29 is 0 Å². The van der Waals surface area contributed by atoms with E-state index >= 15 is 0 Å². The summed E-state index contributed by atoms with van der Waals surface area (Å²) in [6, 6.07) is 15.6. The molecule has 0 bridgehead atoms. The first-order chi connectivity index (χ1) is 14.7. The monoisotopic (exact) mass is 397 g/mol. The summed E-state index contributed by atoms with van der Waals surface area (Å²) in [6.45, 7) is 3.49. The molecule has 3 heterocycles. The highest BCUT2D eigenvalue weighted by atomic mass is 16.1. The number of hydrogen-bond acceptors (Lipinski definition) is 4. The summed E-state index contributed by atoms with van der Waals surface area (Å²) >= 11 is 0. The Morgan fingerprint density at radius 2 is 2.07 bits per heavy atom. The van der Waals surface area contributed by atoms with Crippen LogP contribution < -0.4 is 5.56 Å². The van der Waals surface area contributed by atoms with Gasteiger partial charge in [0.25, 0.3) is 5.56 Å². The molecule has 0 radical (unpaired) electrons. The summed E-state index contributed by atoms with van der Waals surface area (Å²) in [7, 11) is 0. The highest BCUT2D eigenvalue weighted by Crippen LogP contribution is 2.26. The molecule has 0 aliphatic carbocycles. The second-order valence-corrected chi connectivity index (χ2v) is 8.11. The number of H-pyrrole nitrogens is 1. The molecule has 0 amide bonds. The number of benzene rings is 2. The predicted octanol–water partition coefficient (Wildman–Crippen LogP) is 3.31. The first-order valence-electron chi connectivity index (χ1n) is 10.4. The zero-order chi connectivity index (χ0) is 20.5. The molecule has 5 rings (SSSR count). The molecular weight excluding hydrogens is 374 g/mol. The SMILES string of the molecule is N#Cc1ccc2[nH]cc(CC3CCN(CCn4ncc5ccccc5c4=O)C3)c2c1. The summed E-state index contributed by atoms with van der Waals surface area (Å²) in [4.78, 5) is 18.4. The minimum atomic E-state index is -0.0177. The molecule has 4 aromatic rings. The second kappa shape index (κ2) is 7.77. The van der Waals surface area contributed by atoms with Gasteiger partial charge in [0.2, 0.25) is 0 Å². The maximum absolute atomic E-state index is 12.6. The van der Waals surface area contributed by atoms with Crippen LogP contribution in [0.1, 0.15) is 17.5 Å². The molecule has 2 aromatic carbocycles. The van der Waals surface area contributed by atoms with Gasteiger partial charge in [0.15, 0.2) is 0 Å². The third-order valence-corrected chi connectivity index (χ3v) is 6.16. The Kier molecular flexibility index (Phi) is 4.82. The molecule has 6 nitrogen and oxygen atoms in total. The fourth-order valence-corrected chi connectivity index (χ4v) is 4.53. The van der Waals surface area contributed by atoms with E-state index in [-0.39, 0.29) is 5.56 Å². The zero-order valence-corrected chi connectivity index (χ0v) is 16.7. The van der Waals surface area contributed by atoms with Gasteiger partial charge in [-0.15, -0.1) is 0 Å². The number of aromatic amines is 1. The van der Waals surface area contributed by atoms with E-state index in [9.17, 15) is 10.1 Å². The predicted molar refractivity (Wildman–Crippen MR) is 117 cm³/mol. The zero-order valence-electron chi connectivity index (χ0n) is 16.7. The highest BCUT2D eigenvalue weighted by Gasteiger charge is 2.23. The lowest BCUT2D eigenvalue weighted by molar-refractivity contribution is 0.301. The summed E-state index contributed by atoms with van der Waals surface area (Å²) < 4.78 is 1.58. The van der Waals surface area contributed by atoms with Crippen LogP contribution >= 0.6 is 0 Å². The van der Waals surface area contributed by atoms with E-state index < -0.39 is 0 Å². The van der Waals surface area contributed by atoms with Crippen LogP contribution in [-0.2, 0) is 13.0 Å². The van der Waals surface area contributed by atoms with Gasteiger partial charge in [0.1, 0.15) is 0 Å². The topological polar surface area (TPSA) is 77.7 Å². The van der Waals surface area contributed by atoms with Crippen molar-refractivity contribution in [1.82, 2.24) is 19.7 Å². The van der Waals surface area contributed by atoms with Crippen LogP contribution in [0, 0.1) is 17.2 Å². The number of fused-ring (bicyclic) bond motifs is 2. The molecule has 1 fully saturated rings. The first kappa shape index (κ1) is 18.6. The van der Waals surface area contributed by atoms with Gasteiger partial charge >= 0.3 is 0 Å². The quantitative estimate of drug-likeness (QED) is 0.560. The van der Waals surface area contributed by atoms with Gasteiger partial charge in [0, 0.05) is 35.6 Å². The molecule has 1 unspecified atom stereocenters. The Bertz CT molecular complexity index is 1310. The maximum atomic E-state index is 12.6. The normalized spacial score (nSPS) is 17.0. The van der Waals surface area contributed by atoms with Crippen LogP contribution in [-0.4, -0.2) is 39.3 Å². The molecule has 1 N–H and O–H groups in total. The average molecular weight is 397 g/mol. The fourth-order valence-electron chi connectivity index (χ4n) is 4.53. The number of nitrogens with one attached hydrogen (secondary N) is 1. The van der Waals surface area contributed by atoms with Gasteiger partial charge in [-0.05, 0) is 55.1 Å². The number of rotatable bonds is 5. The molecule has 150 valence electrons.